The van der Waals surface area contributed by atoms with Gasteiger partial charge in [0.15, 0.2) is 0 Å². The third-order valence-electron chi connectivity index (χ3n) is 2.05. The molecule has 0 amide bonds. The molecule has 0 aliphatic heterocycles. The molecule has 2 atom stereocenters. The summed E-state index contributed by atoms with van der Waals surface area (Å²) < 4.78 is 16.1. The van der Waals surface area contributed by atoms with E-state index in [1.165, 1.54) is 0 Å². The second-order valence-corrected chi connectivity index (χ2v) is 4.28. The molecule has 0 bridgehead atoms. The zero-order valence-corrected chi connectivity index (χ0v) is 8.43. The molecular formula is C11H11Br. The van der Waals surface area contributed by atoms with Gasteiger partial charge >= 0.3 is 0 Å². The molecule has 0 spiro atoms. The summed E-state index contributed by atoms with van der Waals surface area (Å²) in [6.45, 7) is 1.94. The Balaban J connectivity index is 2.62. The number of alkyl halides is 1. The van der Waals surface area contributed by atoms with Crippen LogP contribution in [0.3, 0.4) is 0 Å². The molecule has 0 saturated carbocycles. The van der Waals surface area contributed by atoms with Crippen LogP contribution in [0.15, 0.2) is 30.3 Å². The number of benzene rings is 1. The molecule has 1 aliphatic rings. The summed E-state index contributed by atoms with van der Waals surface area (Å²) in [5.41, 5.74) is 1.81. The molecule has 1 aliphatic carbocycles. The monoisotopic (exact) mass is 224 g/mol. The van der Waals surface area contributed by atoms with Crippen LogP contribution in [0.5, 0.6) is 0 Å². The lowest BCUT2D eigenvalue weighted by molar-refractivity contribution is 0.851. The predicted octanol–water partition coefficient (Wildman–Crippen LogP) is 3.58. The van der Waals surface area contributed by atoms with Crippen LogP contribution >= 0.6 is 15.9 Å². The number of halogens is 1. The Kier molecular flexibility index (Phi) is 1.52. The van der Waals surface area contributed by atoms with Crippen molar-refractivity contribution in [2.75, 3.05) is 0 Å². The molecule has 0 nitrogen and oxygen atoms in total. The maximum absolute atomic E-state index is 8.30. The van der Waals surface area contributed by atoms with E-state index in [9.17, 15) is 0 Å². The number of fused-ring (bicyclic) bond motifs is 1. The van der Waals surface area contributed by atoms with Gasteiger partial charge in [-0.2, -0.15) is 0 Å². The molecule has 0 saturated heterocycles. The van der Waals surface area contributed by atoms with Crippen molar-refractivity contribution in [3.8, 4) is 0 Å². The highest BCUT2D eigenvalue weighted by Crippen LogP contribution is 2.34. The zero-order valence-electron chi connectivity index (χ0n) is 8.84. The number of hydrogen-bond donors (Lipinski definition) is 0. The van der Waals surface area contributed by atoms with Gasteiger partial charge in [0, 0.05) is 12.1 Å². The minimum atomic E-state index is -0.784. The fourth-order valence-electron chi connectivity index (χ4n) is 1.42. The highest BCUT2D eigenvalue weighted by Gasteiger charge is 2.19. The third kappa shape index (κ3) is 1.22. The van der Waals surface area contributed by atoms with E-state index in [0.717, 1.165) is 11.1 Å². The Morgan fingerprint density at radius 1 is 1.58 bits per heavy atom. The van der Waals surface area contributed by atoms with Gasteiger partial charge in [-0.25, -0.2) is 0 Å². The topological polar surface area (TPSA) is 0 Å². The van der Waals surface area contributed by atoms with E-state index >= 15 is 0 Å². The largest absolute Gasteiger partial charge is 0.0884 e. The van der Waals surface area contributed by atoms with Crippen molar-refractivity contribution in [2.24, 2.45) is 0 Å². The van der Waals surface area contributed by atoms with Crippen LogP contribution in [0.25, 0.3) is 6.05 Å². The van der Waals surface area contributed by atoms with Gasteiger partial charge < -0.3 is 0 Å². The van der Waals surface area contributed by atoms with Crippen LogP contribution in [-0.4, -0.2) is 4.83 Å². The van der Waals surface area contributed by atoms with Crippen LogP contribution in [-0.2, 0) is 0 Å². The average molecular weight is 225 g/mol. The highest BCUT2D eigenvalue weighted by atomic mass is 79.9. The molecule has 0 heterocycles. The first kappa shape index (κ1) is 5.98. The lowest BCUT2D eigenvalue weighted by Gasteiger charge is -2.12. The highest BCUT2D eigenvalue weighted by molar-refractivity contribution is 9.09. The Bertz CT molecular complexity index is 398. The van der Waals surface area contributed by atoms with E-state index < -0.39 is 5.89 Å². The Morgan fingerprint density at radius 3 is 3.08 bits per heavy atom. The van der Waals surface area contributed by atoms with Gasteiger partial charge in [0.25, 0.3) is 0 Å². The van der Waals surface area contributed by atoms with E-state index in [0.29, 0.717) is 6.05 Å². The van der Waals surface area contributed by atoms with Crippen LogP contribution in [0.4, 0.5) is 0 Å². The number of allylic oxidation sites excluding steroid dienone is 1. The summed E-state index contributed by atoms with van der Waals surface area (Å²) in [7, 11) is 0. The normalized spacial score (nSPS) is 31.7. The first-order valence-electron chi connectivity index (χ1n) is 4.99. The minimum absolute atomic E-state index is 0.0130. The van der Waals surface area contributed by atoms with Crippen LogP contribution in [0, 0.1) is 0 Å². The molecule has 12 heavy (non-hydrogen) atoms. The standard InChI is InChI=1S/C11H11Br/c1-8(12)10-7-6-9-4-2-3-5-11(9)10/h2-8,10H,1H3/t8-,10-/m0/s1/i6D,10D. The van der Waals surface area contributed by atoms with E-state index in [1.807, 2.05) is 31.2 Å². The molecule has 0 aromatic heterocycles. The van der Waals surface area contributed by atoms with Gasteiger partial charge in [-0.1, -0.05) is 59.2 Å². The van der Waals surface area contributed by atoms with E-state index in [-0.39, 0.29) is 4.83 Å². The van der Waals surface area contributed by atoms with Crippen molar-refractivity contribution in [3.63, 3.8) is 0 Å². The predicted molar refractivity (Wildman–Crippen MR) is 56.6 cm³/mol. The molecule has 1 aromatic rings. The zero-order chi connectivity index (χ0) is 10.3. The summed E-state index contributed by atoms with van der Waals surface area (Å²) in [5.74, 6) is -0.784. The SMILES string of the molecule is [2H]C1=C[C@@]([2H])([C@H](C)Br)c2ccccc21. The van der Waals surface area contributed by atoms with E-state index in [1.54, 1.807) is 6.08 Å². The molecule has 62 valence electrons. The molecule has 1 aromatic carbocycles. The first-order valence-corrected chi connectivity index (χ1v) is 4.90. The summed E-state index contributed by atoms with van der Waals surface area (Å²) in [4.78, 5) is 0.0130. The summed E-state index contributed by atoms with van der Waals surface area (Å²) in [6.07, 6.45) is 1.71. The lowest BCUT2D eigenvalue weighted by Crippen LogP contribution is -2.03. The fourth-order valence-corrected chi connectivity index (χ4v) is 1.80. The van der Waals surface area contributed by atoms with Crippen LogP contribution in [0.1, 0.15) is 26.7 Å². The Morgan fingerprint density at radius 2 is 2.33 bits per heavy atom. The molecule has 0 radical (unpaired) electrons. The Labute approximate surface area is 84.2 Å². The van der Waals surface area contributed by atoms with Gasteiger partial charge in [0.2, 0.25) is 0 Å². The summed E-state index contributed by atoms with van der Waals surface area (Å²) in [5, 5.41) is 0. The fraction of sp³-hybridized carbons (Fsp3) is 0.273. The number of hydrogen-bond acceptors (Lipinski definition) is 0. The van der Waals surface area contributed by atoms with Crippen molar-refractivity contribution in [1.29, 1.82) is 0 Å². The van der Waals surface area contributed by atoms with Crippen molar-refractivity contribution < 1.29 is 2.74 Å². The van der Waals surface area contributed by atoms with Gasteiger partial charge in [0.05, 0.1) is 1.37 Å². The molecule has 0 unspecified atom stereocenters. The molecule has 2 rings (SSSR count). The molecular weight excluding hydrogens is 212 g/mol. The van der Waals surface area contributed by atoms with Gasteiger partial charge in [-0.15, -0.1) is 0 Å². The Hall–Kier alpha value is -0.560. The third-order valence-corrected chi connectivity index (χ3v) is 2.54. The molecule has 0 fully saturated rings. The summed E-state index contributed by atoms with van der Waals surface area (Å²) >= 11 is 3.44. The van der Waals surface area contributed by atoms with Crippen molar-refractivity contribution >= 4 is 22.0 Å². The molecule has 1 heteroatoms. The number of rotatable bonds is 1. The second kappa shape index (κ2) is 3.06. The lowest BCUT2D eigenvalue weighted by atomic mass is 9.99. The average Bonchev–Trinajstić information content (AvgIpc) is 2.42. The van der Waals surface area contributed by atoms with Crippen molar-refractivity contribution in [2.45, 2.75) is 17.6 Å². The first-order chi connectivity index (χ1) is 6.55. The van der Waals surface area contributed by atoms with Crippen LogP contribution in [0.2, 0.25) is 0 Å². The quantitative estimate of drug-likeness (QED) is 0.641. The maximum atomic E-state index is 8.30. The van der Waals surface area contributed by atoms with E-state index in [4.69, 9.17) is 2.74 Å². The van der Waals surface area contributed by atoms with Crippen molar-refractivity contribution in [1.82, 2.24) is 0 Å². The smallest absolute Gasteiger partial charge is 0.0626 e. The summed E-state index contributed by atoms with van der Waals surface area (Å²) in [6, 6.07) is 8.12. The van der Waals surface area contributed by atoms with Gasteiger partial charge in [-0.3, -0.25) is 0 Å². The molecule has 0 N–H and O–H groups in total. The van der Waals surface area contributed by atoms with Crippen molar-refractivity contribution in [3.05, 3.63) is 41.5 Å². The van der Waals surface area contributed by atoms with E-state index in [2.05, 4.69) is 15.9 Å². The van der Waals surface area contributed by atoms with Gasteiger partial charge in [-0.05, 0) is 11.1 Å². The maximum Gasteiger partial charge on any atom is 0.0626 e. The second-order valence-electron chi connectivity index (χ2n) is 2.91. The van der Waals surface area contributed by atoms with Crippen LogP contribution < -0.4 is 0 Å². The van der Waals surface area contributed by atoms with Gasteiger partial charge in [0.1, 0.15) is 0 Å². The minimum Gasteiger partial charge on any atom is -0.0884 e.